The molecule has 2 aromatic rings. The predicted molar refractivity (Wildman–Crippen MR) is 131 cm³/mol. The van der Waals surface area contributed by atoms with Gasteiger partial charge in [-0.15, -0.1) is 0 Å². The number of nitrogens with zero attached hydrogens (tertiary/aromatic N) is 1. The number of hydrogen-bond donors (Lipinski definition) is 3. The van der Waals surface area contributed by atoms with E-state index < -0.39 is 0 Å². The average molecular weight is 452 g/mol. The van der Waals surface area contributed by atoms with Crippen LogP contribution in [0.3, 0.4) is 0 Å². The van der Waals surface area contributed by atoms with E-state index >= 15 is 0 Å². The van der Waals surface area contributed by atoms with Crippen molar-refractivity contribution in [2.24, 2.45) is 5.92 Å². The lowest BCUT2D eigenvalue weighted by Gasteiger charge is -2.24. The Morgan fingerprint density at radius 3 is 2.33 bits per heavy atom. The molecular weight excluding hydrogens is 417 g/mol. The molecule has 1 aliphatic heterocycles. The molecule has 1 fully saturated rings. The molecule has 7 heteroatoms. The van der Waals surface area contributed by atoms with Gasteiger partial charge in [-0.25, -0.2) is 8.70 Å². The van der Waals surface area contributed by atoms with Crippen molar-refractivity contribution in [1.29, 1.82) is 0 Å². The Balaban J connectivity index is 0.00000155. The molecule has 0 spiro atoms. The number of nitrogens with one attached hydrogen (secondary N) is 2. The molecule has 3 rings (SSSR count). The Kier molecular flexibility index (Phi) is 11.4. The number of piperidine rings is 1. The third-order valence-electron chi connectivity index (χ3n) is 4.58. The number of rotatable bonds is 9. The van der Waals surface area contributed by atoms with Crippen LogP contribution in [0, 0.1) is 11.7 Å². The standard InChI is InChI=1S/C22H30FN3OS.CH4S/c1-17(2)15-26(16-18-3-5-19(23)6-4-18)28-25-20-7-9-21(10-8-20)27-22-11-13-24-14-12-22;1-2/h3-10,17,22,24-25H,11-16H2,1-2H3;2H,1H3. The zero-order valence-corrected chi connectivity index (χ0v) is 19.8. The number of hydrogen-bond acceptors (Lipinski definition) is 6. The van der Waals surface area contributed by atoms with Crippen molar-refractivity contribution in [3.05, 3.63) is 59.9 Å². The maximum Gasteiger partial charge on any atom is 0.123 e. The summed E-state index contributed by atoms with van der Waals surface area (Å²) in [5.41, 5.74) is 2.14. The zero-order valence-electron chi connectivity index (χ0n) is 18.1. The van der Waals surface area contributed by atoms with Gasteiger partial charge in [-0.2, -0.15) is 12.6 Å². The maximum atomic E-state index is 13.1. The SMILES string of the molecule is CC(C)CN(Cc1ccc(F)cc1)SNc1ccc(OC2CCNCC2)cc1.CS. The third kappa shape index (κ3) is 9.16. The van der Waals surface area contributed by atoms with Gasteiger partial charge in [-0.3, -0.25) is 0 Å². The highest BCUT2D eigenvalue weighted by atomic mass is 32.2. The Morgan fingerprint density at radius 1 is 1.10 bits per heavy atom. The van der Waals surface area contributed by atoms with Gasteiger partial charge in [0.15, 0.2) is 0 Å². The van der Waals surface area contributed by atoms with Crippen molar-refractivity contribution >= 4 is 30.5 Å². The molecule has 0 bridgehead atoms. The van der Waals surface area contributed by atoms with Crippen LogP contribution < -0.4 is 14.8 Å². The fraction of sp³-hybridized carbons (Fsp3) is 0.478. The summed E-state index contributed by atoms with van der Waals surface area (Å²) in [6.07, 6.45) is 4.12. The Hall–Kier alpha value is -1.41. The summed E-state index contributed by atoms with van der Waals surface area (Å²) in [5, 5.41) is 3.35. The van der Waals surface area contributed by atoms with Crippen molar-refractivity contribution in [3.8, 4) is 5.75 Å². The van der Waals surface area contributed by atoms with E-state index in [1.807, 2.05) is 24.3 Å². The molecule has 1 aliphatic rings. The monoisotopic (exact) mass is 451 g/mol. The first-order valence-corrected chi connectivity index (χ1v) is 12.1. The van der Waals surface area contributed by atoms with E-state index in [4.69, 9.17) is 4.74 Å². The highest BCUT2D eigenvalue weighted by Gasteiger charge is 2.14. The van der Waals surface area contributed by atoms with E-state index in [-0.39, 0.29) is 5.82 Å². The lowest BCUT2D eigenvalue weighted by Crippen LogP contribution is -2.34. The van der Waals surface area contributed by atoms with Crippen molar-refractivity contribution in [3.63, 3.8) is 0 Å². The van der Waals surface area contributed by atoms with Crippen LogP contribution in [-0.4, -0.2) is 36.3 Å². The van der Waals surface area contributed by atoms with Crippen molar-refractivity contribution in [2.45, 2.75) is 39.3 Å². The number of benzene rings is 2. The molecule has 2 N–H and O–H groups in total. The van der Waals surface area contributed by atoms with E-state index in [9.17, 15) is 4.39 Å². The first kappa shape index (κ1) is 24.9. The van der Waals surface area contributed by atoms with Crippen LogP contribution in [0.1, 0.15) is 32.3 Å². The van der Waals surface area contributed by atoms with Gasteiger partial charge in [-0.05, 0) is 80.1 Å². The fourth-order valence-corrected chi connectivity index (χ4v) is 4.12. The van der Waals surface area contributed by atoms with Gasteiger partial charge in [0.2, 0.25) is 0 Å². The van der Waals surface area contributed by atoms with Crippen molar-refractivity contribution < 1.29 is 9.13 Å². The van der Waals surface area contributed by atoms with Crippen LogP contribution in [0.25, 0.3) is 0 Å². The quantitative estimate of drug-likeness (QED) is 0.340. The minimum atomic E-state index is -0.197. The molecule has 1 heterocycles. The highest BCUT2D eigenvalue weighted by Crippen LogP contribution is 2.24. The van der Waals surface area contributed by atoms with Gasteiger partial charge in [0.25, 0.3) is 0 Å². The number of halogens is 1. The topological polar surface area (TPSA) is 36.5 Å². The van der Waals surface area contributed by atoms with Gasteiger partial charge < -0.3 is 14.8 Å². The smallest absolute Gasteiger partial charge is 0.123 e. The minimum absolute atomic E-state index is 0.197. The van der Waals surface area contributed by atoms with Crippen molar-refractivity contribution in [2.75, 3.05) is 30.6 Å². The maximum absolute atomic E-state index is 13.1. The number of anilines is 1. The molecule has 1 saturated heterocycles. The first-order valence-electron chi connectivity index (χ1n) is 10.4. The normalized spacial score (nSPS) is 14.4. The van der Waals surface area contributed by atoms with Gasteiger partial charge in [0.05, 0.1) is 0 Å². The molecule has 166 valence electrons. The molecule has 0 aliphatic carbocycles. The molecule has 0 atom stereocenters. The van der Waals surface area contributed by atoms with Crippen LogP contribution in [0.15, 0.2) is 48.5 Å². The zero-order chi connectivity index (χ0) is 21.8. The van der Waals surface area contributed by atoms with Crippen LogP contribution in [0.2, 0.25) is 0 Å². The molecule has 0 saturated carbocycles. The van der Waals surface area contributed by atoms with E-state index in [0.29, 0.717) is 12.0 Å². The molecule has 4 nitrogen and oxygen atoms in total. The summed E-state index contributed by atoms with van der Waals surface area (Å²) >= 11 is 5.11. The third-order valence-corrected chi connectivity index (χ3v) is 5.44. The fourth-order valence-electron chi connectivity index (χ4n) is 3.16. The molecular formula is C23H34FN3OS2. The summed E-state index contributed by atoms with van der Waals surface area (Å²) in [6.45, 7) is 8.15. The summed E-state index contributed by atoms with van der Waals surface area (Å²) in [7, 11) is 0. The van der Waals surface area contributed by atoms with Gasteiger partial charge in [-0.1, -0.05) is 26.0 Å². The summed E-state index contributed by atoms with van der Waals surface area (Å²) in [5.74, 6) is 1.26. The molecule has 0 aromatic heterocycles. The van der Waals surface area contributed by atoms with Gasteiger partial charge >= 0.3 is 0 Å². The molecule has 0 unspecified atom stereocenters. The summed E-state index contributed by atoms with van der Waals surface area (Å²) in [6, 6.07) is 14.9. The van der Waals surface area contributed by atoms with Crippen LogP contribution >= 0.6 is 24.8 Å². The lowest BCUT2D eigenvalue weighted by atomic mass is 10.1. The van der Waals surface area contributed by atoms with Gasteiger partial charge in [0, 0.05) is 30.9 Å². The Bertz CT molecular complexity index is 707. The minimum Gasteiger partial charge on any atom is -0.490 e. The van der Waals surface area contributed by atoms with E-state index in [1.54, 1.807) is 18.4 Å². The number of ether oxygens (including phenoxy) is 1. The van der Waals surface area contributed by atoms with Crippen LogP contribution in [0.5, 0.6) is 5.75 Å². The van der Waals surface area contributed by atoms with Crippen LogP contribution in [0.4, 0.5) is 10.1 Å². The highest BCUT2D eigenvalue weighted by molar-refractivity contribution is 7.98. The lowest BCUT2D eigenvalue weighted by molar-refractivity contribution is 0.162. The molecule has 0 radical (unpaired) electrons. The number of thiol groups is 1. The predicted octanol–water partition coefficient (Wildman–Crippen LogP) is 5.64. The van der Waals surface area contributed by atoms with Gasteiger partial charge in [0.1, 0.15) is 17.7 Å². The van der Waals surface area contributed by atoms with E-state index in [2.05, 4.69) is 53.0 Å². The Morgan fingerprint density at radius 2 is 1.73 bits per heavy atom. The summed E-state index contributed by atoms with van der Waals surface area (Å²) < 4.78 is 24.9. The second-order valence-electron chi connectivity index (χ2n) is 7.63. The molecule has 0 amide bonds. The average Bonchev–Trinajstić information content (AvgIpc) is 2.76. The van der Waals surface area contributed by atoms with E-state index in [0.717, 1.165) is 56.0 Å². The summed E-state index contributed by atoms with van der Waals surface area (Å²) in [4.78, 5) is 0. The molecule has 2 aromatic carbocycles. The first-order chi connectivity index (χ1) is 14.6. The van der Waals surface area contributed by atoms with Crippen molar-refractivity contribution in [1.82, 2.24) is 9.62 Å². The second kappa shape index (κ2) is 13.8. The van der Waals surface area contributed by atoms with E-state index in [1.165, 1.54) is 12.1 Å². The largest absolute Gasteiger partial charge is 0.490 e. The second-order valence-corrected chi connectivity index (χ2v) is 8.53. The van der Waals surface area contributed by atoms with Crippen LogP contribution in [-0.2, 0) is 6.54 Å². The molecule has 30 heavy (non-hydrogen) atoms. The Labute approximate surface area is 190 Å².